The van der Waals surface area contributed by atoms with E-state index in [0.717, 1.165) is 47.5 Å². The van der Waals surface area contributed by atoms with E-state index in [0.29, 0.717) is 13.1 Å². The number of aromatic amines is 1. The molecule has 7 nitrogen and oxygen atoms in total. The first-order chi connectivity index (χ1) is 12.0. The molecule has 0 radical (unpaired) electrons. The van der Waals surface area contributed by atoms with Crippen LogP contribution in [-0.4, -0.2) is 39.8 Å². The van der Waals surface area contributed by atoms with Crippen LogP contribution in [0, 0.1) is 6.92 Å². The van der Waals surface area contributed by atoms with Gasteiger partial charge >= 0.3 is 0 Å². The van der Waals surface area contributed by atoms with E-state index >= 15 is 0 Å². The Bertz CT molecular complexity index is 812. The molecule has 1 aromatic carbocycles. The molecule has 0 bridgehead atoms. The zero-order valence-corrected chi connectivity index (χ0v) is 14.2. The SMILES string of the molecule is Cc1[nH]nc2c1C(O)N(CCCNC(=O)C1(N)CC1)c1ccccc1-2. The Labute approximate surface area is 146 Å². The van der Waals surface area contributed by atoms with E-state index in [9.17, 15) is 9.90 Å². The molecule has 1 atom stereocenters. The molecule has 0 spiro atoms. The molecule has 1 aromatic heterocycles. The number of H-pyrrole nitrogens is 1. The molecule has 1 fully saturated rings. The number of nitrogens with zero attached hydrogens (tertiary/aromatic N) is 2. The highest BCUT2D eigenvalue weighted by Gasteiger charge is 2.45. The highest BCUT2D eigenvalue weighted by Crippen LogP contribution is 2.43. The Hall–Kier alpha value is -2.38. The average Bonchev–Trinajstić information content (AvgIpc) is 3.24. The van der Waals surface area contributed by atoms with E-state index in [1.165, 1.54) is 0 Å². The summed E-state index contributed by atoms with van der Waals surface area (Å²) >= 11 is 0. The maximum absolute atomic E-state index is 11.9. The van der Waals surface area contributed by atoms with Gasteiger partial charge in [0.05, 0.1) is 5.54 Å². The summed E-state index contributed by atoms with van der Waals surface area (Å²) in [5, 5.41) is 21.1. The monoisotopic (exact) mass is 341 g/mol. The number of hydrogen-bond donors (Lipinski definition) is 4. The largest absolute Gasteiger partial charge is 0.369 e. The van der Waals surface area contributed by atoms with Crippen LogP contribution in [-0.2, 0) is 4.79 Å². The molecule has 0 saturated heterocycles. The quantitative estimate of drug-likeness (QED) is 0.611. The van der Waals surface area contributed by atoms with Gasteiger partial charge < -0.3 is 21.1 Å². The van der Waals surface area contributed by atoms with Gasteiger partial charge in [-0.1, -0.05) is 18.2 Å². The van der Waals surface area contributed by atoms with Gasteiger partial charge in [-0.2, -0.15) is 5.10 Å². The number of nitrogens with one attached hydrogen (secondary N) is 2. The Morgan fingerprint density at radius 3 is 3.00 bits per heavy atom. The van der Waals surface area contributed by atoms with Crippen LogP contribution >= 0.6 is 0 Å². The van der Waals surface area contributed by atoms with E-state index < -0.39 is 11.8 Å². The van der Waals surface area contributed by atoms with Crippen molar-refractivity contribution in [2.75, 3.05) is 18.0 Å². The number of aliphatic hydroxyl groups is 1. The fourth-order valence-corrected chi connectivity index (χ4v) is 3.40. The van der Waals surface area contributed by atoms with E-state index in [4.69, 9.17) is 5.73 Å². The summed E-state index contributed by atoms with van der Waals surface area (Å²) in [5.74, 6) is -0.0694. The molecule has 5 N–H and O–H groups in total. The first-order valence-corrected chi connectivity index (χ1v) is 8.67. The zero-order chi connectivity index (χ0) is 17.6. The second-order valence-corrected chi connectivity index (χ2v) is 6.96. The molecule has 1 unspecified atom stereocenters. The van der Waals surface area contributed by atoms with Crippen LogP contribution in [0.5, 0.6) is 0 Å². The minimum atomic E-state index is -0.747. The van der Waals surface area contributed by atoms with Crippen LogP contribution < -0.4 is 16.0 Å². The van der Waals surface area contributed by atoms with Gasteiger partial charge in [0, 0.05) is 35.6 Å². The maximum atomic E-state index is 11.9. The lowest BCUT2D eigenvalue weighted by atomic mass is 9.97. The standard InChI is InChI=1S/C18H23N5O2/c1-11-14-15(22-21-11)12-5-2-3-6-13(12)23(16(14)24)10-4-9-20-17(25)18(19)7-8-18/h2-3,5-6,16,24H,4,7-10,19H2,1H3,(H,20,25)(H,21,22). The van der Waals surface area contributed by atoms with Crippen LogP contribution in [0.2, 0.25) is 0 Å². The second kappa shape index (κ2) is 5.86. The van der Waals surface area contributed by atoms with Crippen molar-refractivity contribution in [1.82, 2.24) is 15.5 Å². The summed E-state index contributed by atoms with van der Waals surface area (Å²) in [6.07, 6.45) is 1.50. The Balaban J connectivity index is 1.48. The predicted octanol–water partition coefficient (Wildman–Crippen LogP) is 1.19. The highest BCUT2D eigenvalue weighted by atomic mass is 16.3. The number of nitrogens with two attached hydrogens (primary N) is 1. The van der Waals surface area contributed by atoms with Gasteiger partial charge in [-0.3, -0.25) is 9.89 Å². The van der Waals surface area contributed by atoms with Gasteiger partial charge in [-0.05, 0) is 32.3 Å². The summed E-state index contributed by atoms with van der Waals surface area (Å²) in [7, 11) is 0. The Kier molecular flexibility index (Phi) is 3.77. The maximum Gasteiger partial charge on any atom is 0.240 e. The number of hydrogen-bond acceptors (Lipinski definition) is 5. The van der Waals surface area contributed by atoms with Crippen LogP contribution in [0.4, 0.5) is 5.69 Å². The molecule has 2 aliphatic rings. The number of aliphatic hydroxyl groups excluding tert-OH is 1. The van der Waals surface area contributed by atoms with Crippen molar-refractivity contribution in [1.29, 1.82) is 0 Å². The van der Waals surface area contributed by atoms with Crippen molar-refractivity contribution in [3.63, 3.8) is 0 Å². The molecule has 1 aliphatic heterocycles. The molecule has 2 heterocycles. The molecule has 7 heteroatoms. The minimum absolute atomic E-state index is 0.0694. The summed E-state index contributed by atoms with van der Waals surface area (Å²) in [6.45, 7) is 3.08. The van der Waals surface area contributed by atoms with E-state index in [1.54, 1.807) is 0 Å². The van der Waals surface area contributed by atoms with Crippen LogP contribution in [0.15, 0.2) is 24.3 Å². The fourth-order valence-electron chi connectivity index (χ4n) is 3.40. The molecule has 1 aliphatic carbocycles. The Morgan fingerprint density at radius 2 is 2.24 bits per heavy atom. The lowest BCUT2D eigenvalue weighted by Crippen LogP contribution is -2.43. The number of carbonyl (C=O) groups excluding carboxylic acids is 1. The van der Waals surface area contributed by atoms with Gasteiger partial charge in [0.15, 0.2) is 6.23 Å². The number of para-hydroxylation sites is 1. The lowest BCUT2D eigenvalue weighted by Gasteiger charge is -2.35. The van der Waals surface area contributed by atoms with Gasteiger partial charge in [0.25, 0.3) is 0 Å². The number of anilines is 1. The summed E-state index contributed by atoms with van der Waals surface area (Å²) < 4.78 is 0. The predicted molar refractivity (Wildman–Crippen MR) is 94.8 cm³/mol. The molecule has 132 valence electrons. The third-order valence-corrected chi connectivity index (χ3v) is 5.12. The number of fused-ring (bicyclic) bond motifs is 3. The number of amides is 1. The van der Waals surface area contributed by atoms with Gasteiger partial charge in [-0.25, -0.2) is 0 Å². The van der Waals surface area contributed by atoms with E-state index in [-0.39, 0.29) is 5.91 Å². The Morgan fingerprint density at radius 1 is 1.48 bits per heavy atom. The molecule has 1 amide bonds. The van der Waals surface area contributed by atoms with Gasteiger partial charge in [0.1, 0.15) is 5.69 Å². The second-order valence-electron chi connectivity index (χ2n) is 6.96. The number of benzene rings is 1. The van der Waals surface area contributed by atoms with Crippen molar-refractivity contribution >= 4 is 11.6 Å². The van der Waals surface area contributed by atoms with Crippen LogP contribution in [0.25, 0.3) is 11.3 Å². The average molecular weight is 341 g/mol. The topological polar surface area (TPSA) is 107 Å². The fraction of sp³-hybridized carbons (Fsp3) is 0.444. The first kappa shape index (κ1) is 16.1. The number of aromatic nitrogens is 2. The third-order valence-electron chi connectivity index (χ3n) is 5.12. The van der Waals surface area contributed by atoms with E-state index in [1.807, 2.05) is 36.1 Å². The summed E-state index contributed by atoms with van der Waals surface area (Å²) in [5.41, 5.74) is 9.71. The lowest BCUT2D eigenvalue weighted by molar-refractivity contribution is -0.123. The van der Waals surface area contributed by atoms with Crippen molar-refractivity contribution in [2.45, 2.75) is 38.0 Å². The summed E-state index contributed by atoms with van der Waals surface area (Å²) in [4.78, 5) is 13.9. The smallest absolute Gasteiger partial charge is 0.240 e. The minimum Gasteiger partial charge on any atom is -0.369 e. The number of carbonyl (C=O) groups is 1. The van der Waals surface area contributed by atoms with E-state index in [2.05, 4.69) is 15.5 Å². The van der Waals surface area contributed by atoms with Crippen molar-refractivity contribution in [3.8, 4) is 11.3 Å². The zero-order valence-electron chi connectivity index (χ0n) is 14.2. The van der Waals surface area contributed by atoms with Crippen molar-refractivity contribution in [3.05, 3.63) is 35.5 Å². The third kappa shape index (κ3) is 2.69. The van der Waals surface area contributed by atoms with Crippen molar-refractivity contribution < 1.29 is 9.90 Å². The highest BCUT2D eigenvalue weighted by molar-refractivity contribution is 5.89. The molecular weight excluding hydrogens is 318 g/mol. The van der Waals surface area contributed by atoms with Crippen LogP contribution in [0.3, 0.4) is 0 Å². The number of aryl methyl sites for hydroxylation is 1. The van der Waals surface area contributed by atoms with Gasteiger partial charge in [-0.15, -0.1) is 0 Å². The molecule has 25 heavy (non-hydrogen) atoms. The molecule has 1 saturated carbocycles. The normalized spacial score (nSPS) is 20.0. The molecule has 2 aromatic rings. The number of rotatable bonds is 5. The summed E-state index contributed by atoms with van der Waals surface area (Å²) in [6, 6.07) is 7.93. The first-order valence-electron chi connectivity index (χ1n) is 8.67. The van der Waals surface area contributed by atoms with Crippen molar-refractivity contribution in [2.24, 2.45) is 5.73 Å². The molecule has 4 rings (SSSR count). The van der Waals surface area contributed by atoms with Crippen LogP contribution in [0.1, 0.15) is 36.7 Å². The van der Waals surface area contributed by atoms with Gasteiger partial charge in [0.2, 0.25) is 5.91 Å². The molecular formula is C18H23N5O2.